The van der Waals surface area contributed by atoms with E-state index in [1.165, 1.54) is 0 Å². The van der Waals surface area contributed by atoms with E-state index in [9.17, 15) is 4.79 Å². The number of nitrogens with one attached hydrogen (secondary N) is 2. The summed E-state index contributed by atoms with van der Waals surface area (Å²) in [7, 11) is 0. The standard InChI is InChI=1S/C19H19N3O2/c1-14-5-2-8-16(13-14)22-19(23)21-11-12-24-17-9-3-6-15-7-4-10-20-18(15)17/h2-10,13H,11-12H2,1H3,(H2,21,22,23). The highest BCUT2D eigenvalue weighted by molar-refractivity contribution is 5.89. The van der Waals surface area contributed by atoms with Crippen molar-refractivity contribution in [2.75, 3.05) is 18.5 Å². The van der Waals surface area contributed by atoms with Crippen molar-refractivity contribution >= 4 is 22.6 Å². The molecule has 2 aromatic carbocycles. The lowest BCUT2D eigenvalue weighted by Gasteiger charge is -2.10. The van der Waals surface area contributed by atoms with Crippen molar-refractivity contribution in [1.82, 2.24) is 10.3 Å². The predicted molar refractivity (Wildman–Crippen MR) is 95.4 cm³/mol. The van der Waals surface area contributed by atoms with Crippen molar-refractivity contribution in [3.8, 4) is 5.75 Å². The third-order valence-corrected chi connectivity index (χ3v) is 3.52. The van der Waals surface area contributed by atoms with E-state index < -0.39 is 0 Å². The number of urea groups is 1. The van der Waals surface area contributed by atoms with Crippen molar-refractivity contribution in [3.63, 3.8) is 0 Å². The fourth-order valence-corrected chi connectivity index (χ4v) is 2.42. The molecule has 0 spiro atoms. The van der Waals surface area contributed by atoms with Crippen LogP contribution < -0.4 is 15.4 Å². The maximum Gasteiger partial charge on any atom is 0.319 e. The number of nitrogens with zero attached hydrogens (tertiary/aromatic N) is 1. The summed E-state index contributed by atoms with van der Waals surface area (Å²) in [5, 5.41) is 6.59. The molecule has 1 heterocycles. The molecule has 122 valence electrons. The number of carbonyl (C=O) groups excluding carboxylic acids is 1. The van der Waals surface area contributed by atoms with Crippen molar-refractivity contribution in [1.29, 1.82) is 0 Å². The highest BCUT2D eigenvalue weighted by atomic mass is 16.5. The molecule has 0 fully saturated rings. The van der Waals surface area contributed by atoms with Crippen LogP contribution in [0, 0.1) is 6.92 Å². The molecule has 0 atom stereocenters. The first-order chi connectivity index (χ1) is 11.7. The molecule has 5 nitrogen and oxygen atoms in total. The van der Waals surface area contributed by atoms with E-state index in [1.807, 2.05) is 61.5 Å². The number of para-hydroxylation sites is 1. The minimum Gasteiger partial charge on any atom is -0.489 e. The summed E-state index contributed by atoms with van der Waals surface area (Å²) in [6, 6.07) is 17.1. The first kappa shape index (κ1) is 15.8. The summed E-state index contributed by atoms with van der Waals surface area (Å²) in [5.74, 6) is 0.717. The summed E-state index contributed by atoms with van der Waals surface area (Å²) in [6.45, 7) is 2.76. The van der Waals surface area contributed by atoms with Gasteiger partial charge in [-0.05, 0) is 36.8 Å². The molecule has 3 rings (SSSR count). The van der Waals surface area contributed by atoms with Crippen LogP contribution in [0.5, 0.6) is 5.75 Å². The molecule has 0 aliphatic heterocycles. The van der Waals surface area contributed by atoms with Gasteiger partial charge in [-0.15, -0.1) is 0 Å². The maximum atomic E-state index is 11.9. The first-order valence-electron chi connectivity index (χ1n) is 7.80. The maximum absolute atomic E-state index is 11.9. The monoisotopic (exact) mass is 321 g/mol. The molecular weight excluding hydrogens is 302 g/mol. The van der Waals surface area contributed by atoms with Crippen LogP contribution in [0.25, 0.3) is 10.9 Å². The Kier molecular flexibility index (Phi) is 4.91. The summed E-state index contributed by atoms with van der Waals surface area (Å²) in [5.41, 5.74) is 2.69. The zero-order chi connectivity index (χ0) is 16.8. The summed E-state index contributed by atoms with van der Waals surface area (Å²) in [4.78, 5) is 16.2. The van der Waals surface area contributed by atoms with Gasteiger partial charge in [0.25, 0.3) is 0 Å². The number of amides is 2. The summed E-state index contributed by atoms with van der Waals surface area (Å²) in [6.07, 6.45) is 1.74. The van der Waals surface area contributed by atoms with E-state index in [0.717, 1.165) is 22.2 Å². The average molecular weight is 321 g/mol. The van der Waals surface area contributed by atoms with Crippen molar-refractivity contribution in [2.45, 2.75) is 6.92 Å². The lowest BCUT2D eigenvalue weighted by molar-refractivity contribution is 0.247. The molecular formula is C19H19N3O2. The van der Waals surface area contributed by atoms with Crippen LogP contribution in [0.1, 0.15) is 5.56 Å². The zero-order valence-corrected chi connectivity index (χ0v) is 13.5. The van der Waals surface area contributed by atoms with Crippen LogP contribution in [0.2, 0.25) is 0 Å². The van der Waals surface area contributed by atoms with Crippen LogP contribution in [-0.2, 0) is 0 Å². The first-order valence-corrected chi connectivity index (χ1v) is 7.80. The van der Waals surface area contributed by atoms with Crippen LogP contribution in [0.4, 0.5) is 10.5 Å². The van der Waals surface area contributed by atoms with E-state index in [-0.39, 0.29) is 6.03 Å². The van der Waals surface area contributed by atoms with Crippen LogP contribution in [-0.4, -0.2) is 24.2 Å². The number of ether oxygens (including phenoxy) is 1. The van der Waals surface area contributed by atoms with Gasteiger partial charge in [0, 0.05) is 17.3 Å². The number of aryl methyl sites for hydroxylation is 1. The summed E-state index contributed by atoms with van der Waals surface area (Å²) >= 11 is 0. The molecule has 0 bridgehead atoms. The second-order valence-electron chi connectivity index (χ2n) is 5.43. The third kappa shape index (κ3) is 4.01. The highest BCUT2D eigenvalue weighted by Gasteiger charge is 2.04. The second kappa shape index (κ2) is 7.46. The highest BCUT2D eigenvalue weighted by Crippen LogP contribution is 2.22. The number of aromatic nitrogens is 1. The van der Waals surface area contributed by atoms with E-state index in [4.69, 9.17) is 4.74 Å². The Morgan fingerprint density at radius 1 is 1.12 bits per heavy atom. The Morgan fingerprint density at radius 2 is 1.96 bits per heavy atom. The molecule has 0 saturated carbocycles. The summed E-state index contributed by atoms with van der Waals surface area (Å²) < 4.78 is 5.73. The van der Waals surface area contributed by atoms with E-state index in [2.05, 4.69) is 15.6 Å². The van der Waals surface area contributed by atoms with Crippen molar-refractivity contribution < 1.29 is 9.53 Å². The molecule has 3 aromatic rings. The molecule has 0 saturated heterocycles. The number of hydrogen-bond donors (Lipinski definition) is 2. The predicted octanol–water partition coefficient (Wildman–Crippen LogP) is 3.74. The Morgan fingerprint density at radius 3 is 2.83 bits per heavy atom. The fourth-order valence-electron chi connectivity index (χ4n) is 2.42. The van der Waals surface area contributed by atoms with Gasteiger partial charge >= 0.3 is 6.03 Å². The zero-order valence-electron chi connectivity index (χ0n) is 13.5. The SMILES string of the molecule is Cc1cccc(NC(=O)NCCOc2cccc3cccnc23)c1. The average Bonchev–Trinajstić information content (AvgIpc) is 2.59. The number of hydrogen-bond acceptors (Lipinski definition) is 3. The molecule has 2 N–H and O–H groups in total. The molecule has 0 aliphatic rings. The van der Waals surface area contributed by atoms with Gasteiger partial charge in [-0.3, -0.25) is 4.98 Å². The number of carbonyl (C=O) groups is 1. The largest absolute Gasteiger partial charge is 0.489 e. The smallest absolute Gasteiger partial charge is 0.319 e. The Bertz CT molecular complexity index is 843. The minimum absolute atomic E-state index is 0.250. The molecule has 0 unspecified atom stereocenters. The number of pyridine rings is 1. The van der Waals surface area contributed by atoms with E-state index in [0.29, 0.717) is 18.9 Å². The van der Waals surface area contributed by atoms with Gasteiger partial charge in [-0.1, -0.05) is 30.3 Å². The van der Waals surface area contributed by atoms with Crippen LogP contribution >= 0.6 is 0 Å². The van der Waals surface area contributed by atoms with Gasteiger partial charge in [0.1, 0.15) is 17.9 Å². The van der Waals surface area contributed by atoms with Gasteiger partial charge in [0.15, 0.2) is 0 Å². The number of anilines is 1. The molecule has 2 amide bonds. The molecule has 1 aromatic heterocycles. The van der Waals surface area contributed by atoms with Gasteiger partial charge in [0.05, 0.1) is 6.54 Å². The van der Waals surface area contributed by atoms with E-state index in [1.54, 1.807) is 6.20 Å². The Balaban J connectivity index is 1.49. The number of benzene rings is 2. The Hall–Kier alpha value is -3.08. The normalized spacial score (nSPS) is 10.4. The third-order valence-electron chi connectivity index (χ3n) is 3.52. The number of fused-ring (bicyclic) bond motifs is 1. The van der Waals surface area contributed by atoms with Crippen molar-refractivity contribution in [2.24, 2.45) is 0 Å². The Labute approximate surface area is 140 Å². The van der Waals surface area contributed by atoms with E-state index >= 15 is 0 Å². The molecule has 5 heteroatoms. The minimum atomic E-state index is -0.250. The van der Waals surface area contributed by atoms with Gasteiger partial charge in [0.2, 0.25) is 0 Å². The molecule has 0 radical (unpaired) electrons. The molecule has 24 heavy (non-hydrogen) atoms. The van der Waals surface area contributed by atoms with Crippen molar-refractivity contribution in [3.05, 3.63) is 66.4 Å². The van der Waals surface area contributed by atoms with Gasteiger partial charge in [-0.2, -0.15) is 0 Å². The van der Waals surface area contributed by atoms with Crippen LogP contribution in [0.15, 0.2) is 60.8 Å². The molecule has 0 aliphatic carbocycles. The fraction of sp³-hybridized carbons (Fsp3) is 0.158. The van der Waals surface area contributed by atoms with Gasteiger partial charge in [-0.25, -0.2) is 4.79 Å². The number of rotatable bonds is 5. The van der Waals surface area contributed by atoms with Gasteiger partial charge < -0.3 is 15.4 Å². The van der Waals surface area contributed by atoms with Crippen LogP contribution in [0.3, 0.4) is 0 Å². The quantitative estimate of drug-likeness (QED) is 0.704. The topological polar surface area (TPSA) is 63.2 Å². The lowest BCUT2D eigenvalue weighted by atomic mass is 10.2. The second-order valence-corrected chi connectivity index (χ2v) is 5.43. The lowest BCUT2D eigenvalue weighted by Crippen LogP contribution is -2.32.